The molecule has 0 bridgehead atoms. The van der Waals surface area contributed by atoms with Crippen molar-refractivity contribution in [1.82, 2.24) is 0 Å². The minimum absolute atomic E-state index is 0.201. The predicted octanol–water partition coefficient (Wildman–Crippen LogP) is 11.8. The molecule has 0 radical (unpaired) electrons. The van der Waals surface area contributed by atoms with Crippen LogP contribution < -0.4 is 0 Å². The summed E-state index contributed by atoms with van der Waals surface area (Å²) >= 11 is 0. The maximum Gasteiger partial charge on any atom is 0.469 e. The summed E-state index contributed by atoms with van der Waals surface area (Å²) in [5.41, 5.74) is 0. The zero-order chi connectivity index (χ0) is 36.1. The summed E-state index contributed by atoms with van der Waals surface area (Å²) in [6.45, 7) is 3.63. The van der Waals surface area contributed by atoms with E-state index < -0.39 is 32.5 Å². The van der Waals surface area contributed by atoms with Crippen molar-refractivity contribution in [2.75, 3.05) is 13.2 Å². The molecule has 0 spiro atoms. The number of rotatable bonds is 36. The van der Waals surface area contributed by atoms with E-state index in [-0.39, 0.29) is 19.4 Å². The molecule has 8 nitrogen and oxygen atoms in total. The summed E-state index contributed by atoms with van der Waals surface area (Å²) in [4.78, 5) is 42.7. The van der Waals surface area contributed by atoms with Crippen LogP contribution in [0.4, 0.5) is 0 Å². The molecule has 0 rings (SSSR count). The Labute approximate surface area is 300 Å². The average molecular weight is 713 g/mol. The first-order chi connectivity index (χ1) is 23.8. The van der Waals surface area contributed by atoms with E-state index in [4.69, 9.17) is 19.3 Å². The van der Waals surface area contributed by atoms with E-state index in [9.17, 15) is 14.2 Å². The summed E-state index contributed by atoms with van der Waals surface area (Å²) in [6, 6.07) is 0. The highest BCUT2D eigenvalue weighted by Crippen LogP contribution is 2.36. The van der Waals surface area contributed by atoms with Crippen LogP contribution in [-0.2, 0) is 28.2 Å². The number of phosphoric acid groups is 1. The second kappa shape index (κ2) is 36.1. The van der Waals surface area contributed by atoms with Crippen molar-refractivity contribution in [2.24, 2.45) is 0 Å². The number of phosphoric ester groups is 1. The number of carbonyl (C=O) groups excluding carboxylic acids is 2. The molecule has 2 N–H and O–H groups in total. The van der Waals surface area contributed by atoms with E-state index in [1.54, 1.807) is 0 Å². The smallest absolute Gasteiger partial charge is 0.462 e. The first-order valence-electron chi connectivity index (χ1n) is 19.8. The fourth-order valence-corrected chi connectivity index (χ4v) is 5.76. The third-order valence-electron chi connectivity index (χ3n) is 8.38. The van der Waals surface area contributed by atoms with Gasteiger partial charge in [-0.05, 0) is 70.6 Å². The average Bonchev–Trinajstić information content (AvgIpc) is 3.07. The first kappa shape index (κ1) is 47.3. The zero-order valence-corrected chi connectivity index (χ0v) is 32.2. The van der Waals surface area contributed by atoms with Gasteiger partial charge in [-0.2, -0.15) is 0 Å². The van der Waals surface area contributed by atoms with Crippen molar-refractivity contribution >= 4 is 19.8 Å². The predicted molar refractivity (Wildman–Crippen MR) is 202 cm³/mol. The molecule has 0 aliphatic rings. The van der Waals surface area contributed by atoms with Gasteiger partial charge in [-0.3, -0.25) is 14.1 Å². The Bertz CT molecular complexity index is 895. The van der Waals surface area contributed by atoms with Gasteiger partial charge in [0.2, 0.25) is 0 Å². The van der Waals surface area contributed by atoms with Gasteiger partial charge >= 0.3 is 19.8 Å². The molecule has 0 saturated heterocycles. The topological polar surface area (TPSA) is 119 Å². The van der Waals surface area contributed by atoms with Gasteiger partial charge in [-0.1, -0.05) is 140 Å². The molecular weight excluding hydrogens is 639 g/mol. The van der Waals surface area contributed by atoms with Gasteiger partial charge in [0.1, 0.15) is 6.61 Å². The van der Waals surface area contributed by atoms with Crippen molar-refractivity contribution in [2.45, 2.75) is 193 Å². The second-order valence-corrected chi connectivity index (χ2v) is 14.5. The zero-order valence-electron chi connectivity index (χ0n) is 31.3. The van der Waals surface area contributed by atoms with E-state index in [1.807, 2.05) is 0 Å². The van der Waals surface area contributed by atoms with Gasteiger partial charge in [-0.25, -0.2) is 4.57 Å². The highest BCUT2D eigenvalue weighted by molar-refractivity contribution is 7.46. The molecule has 9 heteroatoms. The van der Waals surface area contributed by atoms with E-state index in [0.29, 0.717) is 12.8 Å². The molecule has 0 aromatic rings. The lowest BCUT2D eigenvalue weighted by molar-refractivity contribution is -0.161. The number of esters is 2. The Balaban J connectivity index is 3.97. The van der Waals surface area contributed by atoms with Gasteiger partial charge in [0.05, 0.1) is 6.61 Å². The largest absolute Gasteiger partial charge is 0.469 e. The molecule has 0 unspecified atom stereocenters. The molecule has 0 heterocycles. The molecule has 49 heavy (non-hydrogen) atoms. The van der Waals surface area contributed by atoms with E-state index in [1.165, 1.54) is 83.5 Å². The number of unbranched alkanes of at least 4 members (excludes halogenated alkanes) is 20. The van der Waals surface area contributed by atoms with Gasteiger partial charge in [0.15, 0.2) is 6.10 Å². The van der Waals surface area contributed by atoms with Crippen molar-refractivity contribution < 1.29 is 37.9 Å². The summed E-state index contributed by atoms with van der Waals surface area (Å²) in [6.07, 6.45) is 41.4. The lowest BCUT2D eigenvalue weighted by atomic mass is 10.1. The van der Waals surface area contributed by atoms with Gasteiger partial charge in [0.25, 0.3) is 0 Å². The van der Waals surface area contributed by atoms with E-state index >= 15 is 0 Å². The van der Waals surface area contributed by atoms with Crippen molar-refractivity contribution in [3.05, 3.63) is 36.5 Å². The first-order valence-corrected chi connectivity index (χ1v) is 21.3. The fraction of sp³-hybridized carbons (Fsp3) is 0.800. The maximum atomic E-state index is 12.4. The monoisotopic (exact) mass is 713 g/mol. The number of hydrogen-bond donors (Lipinski definition) is 2. The molecule has 0 aliphatic carbocycles. The van der Waals surface area contributed by atoms with E-state index in [0.717, 1.165) is 64.2 Å². The van der Waals surface area contributed by atoms with Crippen molar-refractivity contribution in [1.29, 1.82) is 0 Å². The molecule has 0 fully saturated rings. The molecule has 0 aromatic heterocycles. The molecule has 286 valence electrons. The van der Waals surface area contributed by atoms with Crippen LogP contribution in [0.1, 0.15) is 187 Å². The number of carbonyl (C=O) groups is 2. The normalized spacial score (nSPS) is 12.8. The fourth-order valence-electron chi connectivity index (χ4n) is 5.40. The number of allylic oxidation sites excluding steroid dienone is 6. The van der Waals surface area contributed by atoms with Crippen LogP contribution in [0.3, 0.4) is 0 Å². The van der Waals surface area contributed by atoms with Crippen LogP contribution in [0, 0.1) is 0 Å². The molecular formula is C40H73O8P. The molecule has 0 saturated carbocycles. The number of ether oxygens (including phenoxy) is 2. The minimum Gasteiger partial charge on any atom is -0.462 e. The van der Waals surface area contributed by atoms with Crippen LogP contribution in [0.2, 0.25) is 0 Å². The van der Waals surface area contributed by atoms with Crippen LogP contribution in [-0.4, -0.2) is 41.0 Å². The standard InChI is InChI=1S/C40H73O8P/c1-3-5-7-9-11-13-15-17-19-20-21-23-25-27-29-31-33-35-40(42)48-38(37-47-49(43,44)45)36-46-39(41)34-32-30-28-26-24-22-18-16-14-12-10-8-6-4-2/h11,13,16-19,38H,3-10,12,14-15,20-37H2,1-2H3,(H2,43,44,45)/b13-11+,18-16+,19-17+/t38-/m1/s1. The lowest BCUT2D eigenvalue weighted by Crippen LogP contribution is -2.29. The van der Waals surface area contributed by atoms with Crippen LogP contribution in [0.25, 0.3) is 0 Å². The van der Waals surface area contributed by atoms with Crippen LogP contribution in [0.5, 0.6) is 0 Å². The van der Waals surface area contributed by atoms with Gasteiger partial charge in [-0.15, -0.1) is 0 Å². The Morgan fingerprint density at radius 1 is 0.531 bits per heavy atom. The van der Waals surface area contributed by atoms with Crippen molar-refractivity contribution in [3.63, 3.8) is 0 Å². The van der Waals surface area contributed by atoms with Gasteiger partial charge in [0, 0.05) is 12.8 Å². The van der Waals surface area contributed by atoms with Crippen molar-refractivity contribution in [3.8, 4) is 0 Å². The quantitative estimate of drug-likeness (QED) is 0.0285. The van der Waals surface area contributed by atoms with Crippen LogP contribution in [0.15, 0.2) is 36.5 Å². The lowest BCUT2D eigenvalue weighted by Gasteiger charge is -2.18. The highest BCUT2D eigenvalue weighted by Gasteiger charge is 2.22. The van der Waals surface area contributed by atoms with Gasteiger partial charge < -0.3 is 19.3 Å². The third kappa shape index (κ3) is 38.9. The summed E-state index contributed by atoms with van der Waals surface area (Å²) in [5, 5.41) is 0. The summed E-state index contributed by atoms with van der Waals surface area (Å²) in [7, 11) is -4.75. The van der Waals surface area contributed by atoms with Crippen LogP contribution >= 0.6 is 7.82 Å². The maximum absolute atomic E-state index is 12.4. The SMILES string of the molecule is CCCCC/C=C/C/C=C/CCCCCCCCCC(=O)O[C@H](COC(=O)CCCCCCC/C=C/CCCCCCC)COP(=O)(O)O. The summed E-state index contributed by atoms with van der Waals surface area (Å²) < 4.78 is 26.3. The third-order valence-corrected chi connectivity index (χ3v) is 8.87. The minimum atomic E-state index is -4.75. The Morgan fingerprint density at radius 3 is 1.41 bits per heavy atom. The Morgan fingerprint density at radius 2 is 0.918 bits per heavy atom. The molecule has 1 atom stereocenters. The molecule has 0 amide bonds. The Hall–Kier alpha value is -1.73. The van der Waals surface area contributed by atoms with E-state index in [2.05, 4.69) is 54.8 Å². The second-order valence-electron chi connectivity index (χ2n) is 13.2. The summed E-state index contributed by atoms with van der Waals surface area (Å²) in [5.74, 6) is -0.903. The highest BCUT2D eigenvalue weighted by atomic mass is 31.2. The molecule has 0 aliphatic heterocycles. The molecule has 0 aromatic carbocycles. The number of hydrogen-bond acceptors (Lipinski definition) is 6. The Kier molecular flexibility index (Phi) is 34.8.